The topological polar surface area (TPSA) is 97.6 Å². The van der Waals surface area contributed by atoms with Crippen LogP contribution in [0.4, 0.5) is 0 Å². The lowest BCUT2D eigenvalue weighted by atomic mass is 9.96. The molecule has 1 atom stereocenters. The number of hydrogen-bond donors (Lipinski definition) is 1. The maximum absolute atomic E-state index is 12.9. The van der Waals surface area contributed by atoms with Gasteiger partial charge in [-0.2, -0.15) is 5.10 Å². The van der Waals surface area contributed by atoms with Crippen molar-refractivity contribution in [2.75, 3.05) is 20.3 Å². The summed E-state index contributed by atoms with van der Waals surface area (Å²) in [5.74, 6) is -1.38. The number of pyridine rings is 1. The molecule has 0 spiro atoms. The lowest BCUT2D eigenvalue weighted by Crippen LogP contribution is -2.56. The van der Waals surface area contributed by atoms with E-state index >= 15 is 0 Å². The molecular formula is C16H20N4O4. The number of carbonyl (C=O) groups is 2. The van der Waals surface area contributed by atoms with Crippen molar-refractivity contribution in [2.24, 2.45) is 7.05 Å². The normalized spacial score (nSPS) is 20.7. The van der Waals surface area contributed by atoms with E-state index in [0.717, 1.165) is 11.1 Å². The van der Waals surface area contributed by atoms with Crippen molar-refractivity contribution < 1.29 is 19.4 Å². The molecule has 0 radical (unpaired) electrons. The second kappa shape index (κ2) is 5.86. The van der Waals surface area contributed by atoms with E-state index in [1.165, 1.54) is 18.2 Å². The minimum atomic E-state index is -1.31. The van der Waals surface area contributed by atoms with Crippen molar-refractivity contribution in [3.63, 3.8) is 0 Å². The van der Waals surface area contributed by atoms with Gasteiger partial charge in [0.05, 0.1) is 17.9 Å². The summed E-state index contributed by atoms with van der Waals surface area (Å²) in [7, 11) is 3.23. The third-order valence-corrected chi connectivity index (χ3v) is 4.63. The fraction of sp³-hybridized carbons (Fsp3) is 0.500. The van der Waals surface area contributed by atoms with Crippen molar-refractivity contribution >= 4 is 22.9 Å². The molecule has 8 heteroatoms. The first kappa shape index (κ1) is 16.4. The highest BCUT2D eigenvalue weighted by atomic mass is 16.5. The number of methoxy groups -OCH3 is 1. The van der Waals surface area contributed by atoms with Crippen LogP contribution in [-0.2, 0) is 16.6 Å². The average molecular weight is 332 g/mol. The van der Waals surface area contributed by atoms with E-state index in [1.807, 2.05) is 6.92 Å². The molecular weight excluding hydrogens is 312 g/mol. The van der Waals surface area contributed by atoms with Crippen LogP contribution in [0, 0.1) is 6.92 Å². The summed E-state index contributed by atoms with van der Waals surface area (Å²) in [6.07, 6.45) is 2.48. The van der Waals surface area contributed by atoms with Gasteiger partial charge in [0.2, 0.25) is 0 Å². The minimum Gasteiger partial charge on any atom is -0.479 e. The Bertz CT molecular complexity index is 816. The second-order valence-corrected chi connectivity index (χ2v) is 6.13. The third kappa shape index (κ3) is 2.34. The van der Waals surface area contributed by atoms with Crippen LogP contribution in [0.5, 0.6) is 0 Å². The van der Waals surface area contributed by atoms with Gasteiger partial charge < -0.3 is 14.7 Å². The number of nitrogens with zero attached hydrogens (tertiary/aromatic N) is 4. The highest BCUT2D eigenvalue weighted by molar-refractivity contribution is 6.00. The molecule has 1 unspecified atom stereocenters. The Balaban J connectivity index is 2.01. The molecule has 1 aliphatic rings. The lowest BCUT2D eigenvalue weighted by Gasteiger charge is -2.34. The van der Waals surface area contributed by atoms with Crippen molar-refractivity contribution in [3.8, 4) is 0 Å². The molecule has 0 aromatic carbocycles. The van der Waals surface area contributed by atoms with Gasteiger partial charge in [-0.05, 0) is 25.8 Å². The summed E-state index contributed by atoms with van der Waals surface area (Å²) in [6, 6.07) is 1.73. The Morgan fingerprint density at radius 3 is 2.88 bits per heavy atom. The van der Waals surface area contributed by atoms with Crippen LogP contribution in [0.2, 0.25) is 0 Å². The molecule has 1 saturated heterocycles. The van der Waals surface area contributed by atoms with Crippen molar-refractivity contribution in [1.82, 2.24) is 19.7 Å². The first-order valence-corrected chi connectivity index (χ1v) is 7.74. The van der Waals surface area contributed by atoms with Gasteiger partial charge >= 0.3 is 5.97 Å². The maximum Gasteiger partial charge on any atom is 0.332 e. The Kier molecular flexibility index (Phi) is 4.00. The molecule has 1 fully saturated rings. The van der Waals surface area contributed by atoms with Crippen molar-refractivity contribution in [1.29, 1.82) is 0 Å². The monoisotopic (exact) mass is 332 g/mol. The van der Waals surface area contributed by atoms with Gasteiger partial charge in [0.15, 0.2) is 11.2 Å². The fourth-order valence-corrected chi connectivity index (χ4v) is 3.43. The van der Waals surface area contributed by atoms with E-state index < -0.39 is 11.5 Å². The Morgan fingerprint density at radius 1 is 1.46 bits per heavy atom. The number of aromatic nitrogens is 3. The number of hydrogen-bond acceptors (Lipinski definition) is 5. The predicted molar refractivity (Wildman–Crippen MR) is 85.8 cm³/mol. The van der Waals surface area contributed by atoms with Crippen LogP contribution in [0.3, 0.4) is 0 Å². The van der Waals surface area contributed by atoms with Crippen LogP contribution in [-0.4, -0.2) is 62.4 Å². The number of rotatable bonds is 4. The Hall–Kier alpha value is -2.48. The van der Waals surface area contributed by atoms with E-state index in [-0.39, 0.29) is 12.5 Å². The van der Waals surface area contributed by atoms with Crippen LogP contribution < -0.4 is 0 Å². The summed E-state index contributed by atoms with van der Waals surface area (Å²) in [5.41, 5.74) is 0.511. The molecule has 1 amide bonds. The van der Waals surface area contributed by atoms with Crippen LogP contribution >= 0.6 is 0 Å². The molecule has 2 aromatic heterocycles. The number of carbonyl (C=O) groups excluding carboxylic acids is 1. The van der Waals surface area contributed by atoms with E-state index in [1.54, 1.807) is 17.8 Å². The van der Waals surface area contributed by atoms with Gasteiger partial charge in [0.1, 0.15) is 0 Å². The maximum atomic E-state index is 12.9. The van der Waals surface area contributed by atoms with Crippen LogP contribution in [0.25, 0.3) is 11.0 Å². The first-order valence-electron chi connectivity index (χ1n) is 7.74. The van der Waals surface area contributed by atoms with Gasteiger partial charge in [0.25, 0.3) is 5.91 Å². The number of aryl methyl sites for hydroxylation is 2. The highest BCUT2D eigenvalue weighted by Gasteiger charge is 2.50. The lowest BCUT2D eigenvalue weighted by molar-refractivity contribution is -0.151. The summed E-state index contributed by atoms with van der Waals surface area (Å²) < 4.78 is 6.75. The number of fused-ring (bicyclic) bond motifs is 1. The van der Waals surface area contributed by atoms with Gasteiger partial charge in [-0.3, -0.25) is 9.48 Å². The molecule has 128 valence electrons. The number of ether oxygens (including phenoxy) is 1. The first-order chi connectivity index (χ1) is 11.4. The smallest absolute Gasteiger partial charge is 0.332 e. The summed E-state index contributed by atoms with van der Waals surface area (Å²) >= 11 is 0. The van der Waals surface area contributed by atoms with Crippen LogP contribution in [0.1, 0.15) is 28.9 Å². The van der Waals surface area contributed by atoms with E-state index in [0.29, 0.717) is 30.6 Å². The molecule has 1 aliphatic heterocycles. The number of likely N-dealkylation sites (tertiary alicyclic amines) is 1. The average Bonchev–Trinajstić information content (AvgIpc) is 3.10. The molecule has 0 saturated carbocycles. The second-order valence-electron chi connectivity index (χ2n) is 6.13. The van der Waals surface area contributed by atoms with E-state index in [2.05, 4.69) is 10.1 Å². The van der Waals surface area contributed by atoms with Gasteiger partial charge in [-0.1, -0.05) is 0 Å². The zero-order valence-corrected chi connectivity index (χ0v) is 13.9. The molecule has 2 aromatic rings. The fourth-order valence-electron chi connectivity index (χ4n) is 3.43. The molecule has 3 rings (SSSR count). The highest BCUT2D eigenvalue weighted by Crippen LogP contribution is 2.32. The Morgan fingerprint density at radius 2 is 2.21 bits per heavy atom. The number of carboxylic acids is 1. The molecule has 1 N–H and O–H groups in total. The van der Waals surface area contributed by atoms with Crippen molar-refractivity contribution in [3.05, 3.63) is 23.5 Å². The quantitative estimate of drug-likeness (QED) is 0.896. The predicted octanol–water partition coefficient (Wildman–Crippen LogP) is 0.983. The largest absolute Gasteiger partial charge is 0.479 e. The van der Waals surface area contributed by atoms with E-state index in [4.69, 9.17) is 4.74 Å². The minimum absolute atomic E-state index is 0.0321. The summed E-state index contributed by atoms with van der Waals surface area (Å²) in [6.45, 7) is 2.20. The number of amides is 1. The molecule has 3 heterocycles. The summed E-state index contributed by atoms with van der Waals surface area (Å²) in [5, 5.41) is 14.8. The Labute approximate surface area is 139 Å². The molecule has 0 bridgehead atoms. The standard InChI is InChI=1S/C16H20N4O4/c1-10-12-7-11(8-17-13(12)19(2)18-10)14(21)20-6-4-5-16(20,9-24-3)15(22)23/h7-8H,4-6,9H2,1-3H3,(H,22,23). The third-order valence-electron chi connectivity index (χ3n) is 4.63. The number of aliphatic carboxylic acids is 1. The molecule has 0 aliphatic carbocycles. The van der Waals surface area contributed by atoms with Gasteiger partial charge in [0, 0.05) is 32.3 Å². The zero-order valence-electron chi connectivity index (χ0n) is 13.9. The SMILES string of the molecule is COCC1(C(=O)O)CCCN1C(=O)c1cnc2c(c1)c(C)nn2C. The number of carboxylic acid groups (broad SMARTS) is 1. The molecule has 8 nitrogen and oxygen atoms in total. The summed E-state index contributed by atoms with van der Waals surface area (Å²) in [4.78, 5) is 30.5. The molecule has 24 heavy (non-hydrogen) atoms. The zero-order chi connectivity index (χ0) is 17.5. The van der Waals surface area contributed by atoms with Gasteiger partial charge in [-0.25, -0.2) is 9.78 Å². The van der Waals surface area contributed by atoms with Crippen LogP contribution in [0.15, 0.2) is 12.3 Å². The van der Waals surface area contributed by atoms with Crippen molar-refractivity contribution in [2.45, 2.75) is 25.3 Å². The van der Waals surface area contributed by atoms with Gasteiger partial charge in [-0.15, -0.1) is 0 Å². The van der Waals surface area contributed by atoms with E-state index in [9.17, 15) is 14.7 Å².